The zero-order valence-electron chi connectivity index (χ0n) is 17.0. The molecule has 0 aliphatic carbocycles. The normalized spacial score (nSPS) is 14.5. The number of benzene rings is 3. The second kappa shape index (κ2) is 8.83. The van der Waals surface area contributed by atoms with Gasteiger partial charge < -0.3 is 14.8 Å². The number of carbonyl (C=O) groups excluding carboxylic acids is 3. The van der Waals surface area contributed by atoms with Crippen LogP contribution in [0.2, 0.25) is 0 Å². The third kappa shape index (κ3) is 4.64. The van der Waals surface area contributed by atoms with E-state index in [2.05, 4.69) is 5.32 Å². The van der Waals surface area contributed by atoms with Crippen molar-refractivity contribution in [3.05, 3.63) is 95.1 Å². The predicted octanol–water partition coefficient (Wildman–Crippen LogP) is 4.36. The van der Waals surface area contributed by atoms with E-state index in [1.54, 1.807) is 49.4 Å². The van der Waals surface area contributed by atoms with Crippen molar-refractivity contribution in [3.63, 3.8) is 0 Å². The molecule has 1 aliphatic rings. The molecule has 0 radical (unpaired) electrons. The number of esters is 1. The lowest BCUT2D eigenvalue weighted by Gasteiger charge is -2.08. The monoisotopic (exact) mass is 415 g/mol. The van der Waals surface area contributed by atoms with Crippen LogP contribution in [0.25, 0.3) is 0 Å². The zero-order chi connectivity index (χ0) is 21.8. The van der Waals surface area contributed by atoms with Gasteiger partial charge >= 0.3 is 5.97 Å². The number of hydrogen-bond donors (Lipinski definition) is 1. The van der Waals surface area contributed by atoms with Gasteiger partial charge in [0.05, 0.1) is 11.5 Å². The van der Waals surface area contributed by atoms with Crippen LogP contribution in [0.3, 0.4) is 0 Å². The third-order valence-corrected chi connectivity index (χ3v) is 5.16. The lowest BCUT2D eigenvalue weighted by Crippen LogP contribution is -2.14. The van der Waals surface area contributed by atoms with Crippen molar-refractivity contribution in [1.29, 1.82) is 0 Å². The first kappa shape index (κ1) is 20.3. The number of Topliss-reactive ketones (excluding diaryl/α,β-unsaturated/α-hetero) is 1. The Morgan fingerprint density at radius 2 is 1.65 bits per heavy atom. The SMILES string of the molecule is C[C@H]1C(=O)Nc2ccc(C(=O)COC(=O)c3ccc(COc4ccccc4)cc3)cc21. The third-order valence-electron chi connectivity index (χ3n) is 5.16. The number of rotatable bonds is 7. The Bertz CT molecular complexity index is 1120. The highest BCUT2D eigenvalue weighted by atomic mass is 16.5. The molecule has 0 fully saturated rings. The summed E-state index contributed by atoms with van der Waals surface area (Å²) in [5.74, 6) is -0.533. The van der Waals surface area contributed by atoms with Gasteiger partial charge in [0.25, 0.3) is 0 Å². The number of carbonyl (C=O) groups is 3. The van der Waals surface area contributed by atoms with E-state index in [1.807, 2.05) is 30.3 Å². The Balaban J connectivity index is 1.31. The molecule has 4 rings (SSSR count). The van der Waals surface area contributed by atoms with E-state index < -0.39 is 5.97 Å². The number of nitrogens with one attached hydrogen (secondary N) is 1. The highest BCUT2D eigenvalue weighted by Crippen LogP contribution is 2.32. The largest absolute Gasteiger partial charge is 0.489 e. The fourth-order valence-corrected chi connectivity index (χ4v) is 3.31. The van der Waals surface area contributed by atoms with Crippen molar-refractivity contribution in [2.45, 2.75) is 19.4 Å². The molecule has 1 aliphatic heterocycles. The Labute approximate surface area is 179 Å². The van der Waals surface area contributed by atoms with Gasteiger partial charge in [-0.1, -0.05) is 30.3 Å². The second-order valence-electron chi connectivity index (χ2n) is 7.31. The molecule has 1 heterocycles. The van der Waals surface area contributed by atoms with Crippen LogP contribution in [-0.4, -0.2) is 24.3 Å². The van der Waals surface area contributed by atoms with Crippen LogP contribution >= 0.6 is 0 Å². The molecular weight excluding hydrogens is 394 g/mol. The van der Waals surface area contributed by atoms with Crippen LogP contribution in [0.1, 0.15) is 44.7 Å². The van der Waals surface area contributed by atoms with Crippen molar-refractivity contribution in [1.82, 2.24) is 0 Å². The molecule has 1 amide bonds. The summed E-state index contributed by atoms with van der Waals surface area (Å²) in [4.78, 5) is 36.5. The molecule has 6 nitrogen and oxygen atoms in total. The van der Waals surface area contributed by atoms with Gasteiger partial charge in [-0.3, -0.25) is 9.59 Å². The Hall–Kier alpha value is -3.93. The van der Waals surface area contributed by atoms with Gasteiger partial charge in [-0.2, -0.15) is 0 Å². The van der Waals surface area contributed by atoms with E-state index >= 15 is 0 Å². The smallest absolute Gasteiger partial charge is 0.338 e. The Morgan fingerprint density at radius 1 is 0.935 bits per heavy atom. The lowest BCUT2D eigenvalue weighted by molar-refractivity contribution is -0.116. The van der Waals surface area contributed by atoms with Gasteiger partial charge in [-0.05, 0) is 60.5 Å². The summed E-state index contributed by atoms with van der Waals surface area (Å²) < 4.78 is 10.9. The van der Waals surface area contributed by atoms with E-state index in [0.29, 0.717) is 23.4 Å². The van der Waals surface area contributed by atoms with E-state index in [4.69, 9.17) is 9.47 Å². The van der Waals surface area contributed by atoms with Gasteiger partial charge in [0.15, 0.2) is 12.4 Å². The van der Waals surface area contributed by atoms with Gasteiger partial charge in [0.2, 0.25) is 5.91 Å². The molecule has 156 valence electrons. The zero-order valence-corrected chi connectivity index (χ0v) is 17.0. The Morgan fingerprint density at radius 3 is 2.39 bits per heavy atom. The van der Waals surface area contributed by atoms with Crippen molar-refractivity contribution in [2.75, 3.05) is 11.9 Å². The highest BCUT2D eigenvalue weighted by molar-refractivity contribution is 6.05. The first-order valence-corrected chi connectivity index (χ1v) is 9.93. The summed E-state index contributed by atoms with van der Waals surface area (Å²) >= 11 is 0. The molecule has 0 unspecified atom stereocenters. The van der Waals surface area contributed by atoms with Gasteiger partial charge in [-0.15, -0.1) is 0 Å². The van der Waals surface area contributed by atoms with Crippen LogP contribution in [0.4, 0.5) is 5.69 Å². The molecule has 0 spiro atoms. The maximum atomic E-state index is 12.4. The molecule has 0 saturated heterocycles. The van der Waals surface area contributed by atoms with Crippen molar-refractivity contribution in [3.8, 4) is 5.75 Å². The molecule has 1 N–H and O–H groups in total. The van der Waals surface area contributed by atoms with Crippen molar-refractivity contribution < 1.29 is 23.9 Å². The second-order valence-corrected chi connectivity index (χ2v) is 7.31. The van der Waals surface area contributed by atoms with Crippen molar-refractivity contribution in [2.24, 2.45) is 0 Å². The maximum Gasteiger partial charge on any atom is 0.338 e. The summed E-state index contributed by atoms with van der Waals surface area (Å²) in [5.41, 5.74) is 3.15. The van der Waals surface area contributed by atoms with Crippen LogP contribution in [0.15, 0.2) is 72.8 Å². The maximum absolute atomic E-state index is 12.4. The van der Waals surface area contributed by atoms with E-state index in [9.17, 15) is 14.4 Å². The molecule has 6 heteroatoms. The fraction of sp³-hybridized carbons (Fsp3) is 0.160. The van der Waals surface area contributed by atoms with Gasteiger partial charge in [0.1, 0.15) is 12.4 Å². The quantitative estimate of drug-likeness (QED) is 0.458. The summed E-state index contributed by atoms with van der Waals surface area (Å²) in [6.45, 7) is 1.79. The van der Waals surface area contributed by atoms with Crippen LogP contribution < -0.4 is 10.1 Å². The summed E-state index contributed by atoms with van der Waals surface area (Å²) in [7, 11) is 0. The summed E-state index contributed by atoms with van der Waals surface area (Å²) in [6.07, 6.45) is 0. The first-order chi connectivity index (χ1) is 15.0. The molecule has 1 atom stereocenters. The van der Waals surface area contributed by atoms with E-state index in [1.165, 1.54) is 0 Å². The number of fused-ring (bicyclic) bond motifs is 1. The van der Waals surface area contributed by atoms with Gasteiger partial charge in [0, 0.05) is 11.3 Å². The van der Waals surface area contributed by atoms with Crippen LogP contribution in [0, 0.1) is 0 Å². The van der Waals surface area contributed by atoms with Crippen LogP contribution in [0.5, 0.6) is 5.75 Å². The molecule has 0 saturated carbocycles. The Kier molecular flexibility index (Phi) is 5.80. The standard InChI is InChI=1S/C25H21NO5/c1-16-21-13-19(11-12-22(21)26-24(16)28)23(27)15-31-25(29)18-9-7-17(8-10-18)14-30-20-5-3-2-4-6-20/h2-13,16H,14-15H2,1H3,(H,26,28)/t16-/m1/s1. The van der Waals surface area contributed by atoms with E-state index in [-0.39, 0.29) is 24.2 Å². The average Bonchev–Trinajstić information content (AvgIpc) is 3.09. The number of ketones is 1. The number of hydrogen-bond acceptors (Lipinski definition) is 5. The fourth-order valence-electron chi connectivity index (χ4n) is 3.31. The minimum Gasteiger partial charge on any atom is -0.489 e. The highest BCUT2D eigenvalue weighted by Gasteiger charge is 2.27. The molecule has 3 aromatic rings. The summed E-state index contributed by atoms with van der Waals surface area (Å²) in [6, 6.07) is 21.3. The number of anilines is 1. The first-order valence-electron chi connectivity index (χ1n) is 9.93. The molecule has 31 heavy (non-hydrogen) atoms. The topological polar surface area (TPSA) is 81.7 Å². The minimum absolute atomic E-state index is 0.0938. The van der Waals surface area contributed by atoms with Gasteiger partial charge in [-0.25, -0.2) is 4.79 Å². The number of amides is 1. The molecule has 0 aromatic heterocycles. The average molecular weight is 415 g/mol. The number of ether oxygens (including phenoxy) is 2. The van der Waals surface area contributed by atoms with Crippen LogP contribution in [-0.2, 0) is 16.1 Å². The molecule has 3 aromatic carbocycles. The lowest BCUT2D eigenvalue weighted by atomic mass is 9.99. The minimum atomic E-state index is -0.574. The van der Waals surface area contributed by atoms with E-state index in [0.717, 1.165) is 16.9 Å². The predicted molar refractivity (Wildman–Crippen MR) is 115 cm³/mol. The number of para-hydroxylation sites is 1. The molecule has 0 bridgehead atoms. The molecular formula is C25H21NO5. The summed E-state index contributed by atoms with van der Waals surface area (Å²) in [5, 5.41) is 2.76. The van der Waals surface area contributed by atoms with Crippen molar-refractivity contribution >= 4 is 23.3 Å².